The zero-order valence-corrected chi connectivity index (χ0v) is 12.2. The fraction of sp³-hybridized carbons (Fsp3) is 0.133. The number of benzene rings is 2. The topological polar surface area (TPSA) is 29.1 Å². The van der Waals surface area contributed by atoms with Gasteiger partial charge in [0.1, 0.15) is 5.82 Å². The third-order valence-corrected chi connectivity index (χ3v) is 3.30. The van der Waals surface area contributed by atoms with Crippen LogP contribution in [-0.2, 0) is 0 Å². The summed E-state index contributed by atoms with van der Waals surface area (Å²) in [5.41, 5.74) is 2.49. The van der Waals surface area contributed by atoms with Crippen LogP contribution >= 0.6 is 15.9 Å². The molecule has 4 heteroatoms. The van der Waals surface area contributed by atoms with Crippen LogP contribution in [0.25, 0.3) is 0 Å². The Balaban J connectivity index is 2.28. The summed E-state index contributed by atoms with van der Waals surface area (Å²) in [6, 6.07) is 9.98. The molecule has 0 radical (unpaired) electrons. The predicted octanol–water partition coefficient (Wildman–Crippen LogP) is 4.46. The molecule has 0 saturated carbocycles. The smallest absolute Gasteiger partial charge is 0.258 e. The van der Waals surface area contributed by atoms with Crippen molar-refractivity contribution in [3.05, 3.63) is 63.4 Å². The zero-order valence-electron chi connectivity index (χ0n) is 10.6. The minimum Gasteiger partial charge on any atom is -0.322 e. The maximum absolute atomic E-state index is 13.6. The van der Waals surface area contributed by atoms with E-state index in [1.807, 2.05) is 26.0 Å². The number of carbonyl (C=O) groups is 1. The summed E-state index contributed by atoms with van der Waals surface area (Å²) in [6.45, 7) is 3.70. The summed E-state index contributed by atoms with van der Waals surface area (Å²) in [7, 11) is 0. The first kappa shape index (κ1) is 13.7. The van der Waals surface area contributed by atoms with Gasteiger partial charge < -0.3 is 5.32 Å². The molecule has 0 saturated heterocycles. The van der Waals surface area contributed by atoms with Gasteiger partial charge in [0.15, 0.2) is 0 Å². The van der Waals surface area contributed by atoms with Crippen molar-refractivity contribution < 1.29 is 9.18 Å². The van der Waals surface area contributed by atoms with Gasteiger partial charge in [0.2, 0.25) is 0 Å². The van der Waals surface area contributed by atoms with Gasteiger partial charge >= 0.3 is 0 Å². The molecule has 1 amide bonds. The van der Waals surface area contributed by atoms with Crippen LogP contribution in [0.15, 0.2) is 40.9 Å². The van der Waals surface area contributed by atoms with Crippen LogP contribution in [0.5, 0.6) is 0 Å². The van der Waals surface area contributed by atoms with Gasteiger partial charge in [0.05, 0.1) is 5.56 Å². The minimum absolute atomic E-state index is 0.0577. The third-order valence-electron chi connectivity index (χ3n) is 2.80. The van der Waals surface area contributed by atoms with E-state index in [-0.39, 0.29) is 5.56 Å². The van der Waals surface area contributed by atoms with Gasteiger partial charge in [0.25, 0.3) is 5.91 Å². The van der Waals surface area contributed by atoms with Crippen LogP contribution in [0.2, 0.25) is 0 Å². The van der Waals surface area contributed by atoms with Crippen molar-refractivity contribution in [2.45, 2.75) is 13.8 Å². The number of aryl methyl sites for hydroxylation is 2. The summed E-state index contributed by atoms with van der Waals surface area (Å²) in [4.78, 5) is 12.1. The molecule has 0 bridgehead atoms. The lowest BCUT2D eigenvalue weighted by molar-refractivity contribution is 0.102. The van der Waals surface area contributed by atoms with Crippen molar-refractivity contribution >= 4 is 27.5 Å². The second kappa shape index (κ2) is 5.53. The third kappa shape index (κ3) is 3.20. The van der Waals surface area contributed by atoms with Crippen molar-refractivity contribution in [1.29, 1.82) is 0 Å². The summed E-state index contributed by atoms with van der Waals surface area (Å²) < 4.78 is 14.6. The van der Waals surface area contributed by atoms with Gasteiger partial charge in [-0.3, -0.25) is 4.79 Å². The number of halogens is 2. The summed E-state index contributed by atoms with van der Waals surface area (Å²) in [6.07, 6.45) is 0. The molecule has 2 rings (SSSR count). The van der Waals surface area contributed by atoms with Crippen LogP contribution in [0.1, 0.15) is 21.5 Å². The van der Waals surface area contributed by atoms with E-state index in [2.05, 4.69) is 21.2 Å². The largest absolute Gasteiger partial charge is 0.322 e. The second-order valence-corrected chi connectivity index (χ2v) is 5.31. The first-order valence-corrected chi connectivity index (χ1v) is 6.60. The quantitative estimate of drug-likeness (QED) is 0.869. The maximum atomic E-state index is 13.6. The normalized spacial score (nSPS) is 10.3. The molecule has 0 aromatic heterocycles. The Hall–Kier alpha value is -1.68. The second-order valence-electron chi connectivity index (χ2n) is 4.40. The van der Waals surface area contributed by atoms with E-state index in [0.29, 0.717) is 5.69 Å². The summed E-state index contributed by atoms with van der Waals surface area (Å²) in [5.74, 6) is -0.954. The number of anilines is 1. The highest BCUT2D eigenvalue weighted by molar-refractivity contribution is 9.10. The molecule has 0 atom stereocenters. The Morgan fingerprint density at radius 2 is 1.89 bits per heavy atom. The predicted molar refractivity (Wildman–Crippen MR) is 78.0 cm³/mol. The number of amides is 1. The van der Waals surface area contributed by atoms with Crippen molar-refractivity contribution in [1.82, 2.24) is 0 Å². The Labute approximate surface area is 119 Å². The molecule has 0 aliphatic carbocycles. The molecular weight excluding hydrogens is 309 g/mol. The highest BCUT2D eigenvalue weighted by atomic mass is 79.9. The molecule has 0 fully saturated rings. The van der Waals surface area contributed by atoms with E-state index in [9.17, 15) is 9.18 Å². The van der Waals surface area contributed by atoms with Crippen molar-refractivity contribution in [2.75, 3.05) is 5.32 Å². The molecule has 2 aromatic carbocycles. The van der Waals surface area contributed by atoms with Crippen molar-refractivity contribution in [2.24, 2.45) is 0 Å². The van der Waals surface area contributed by atoms with Gasteiger partial charge in [-0.05, 0) is 49.7 Å². The van der Waals surface area contributed by atoms with Gasteiger partial charge in [-0.2, -0.15) is 0 Å². The monoisotopic (exact) mass is 321 g/mol. The van der Waals surface area contributed by atoms with Crippen molar-refractivity contribution in [3.63, 3.8) is 0 Å². The SMILES string of the molecule is Cc1ccc(F)c(C(=O)Nc2ccc(Br)cc2C)c1. The van der Waals surface area contributed by atoms with E-state index in [4.69, 9.17) is 0 Å². The van der Waals surface area contributed by atoms with Crippen LogP contribution in [-0.4, -0.2) is 5.91 Å². The Bertz CT molecular complexity index is 640. The number of rotatable bonds is 2. The molecule has 0 spiro atoms. The Kier molecular flexibility index (Phi) is 4.00. The van der Waals surface area contributed by atoms with Crippen LogP contribution in [0.4, 0.5) is 10.1 Å². The first-order valence-electron chi connectivity index (χ1n) is 5.81. The molecule has 0 unspecified atom stereocenters. The molecule has 0 aliphatic heterocycles. The van der Waals surface area contributed by atoms with Crippen LogP contribution in [0, 0.1) is 19.7 Å². The zero-order chi connectivity index (χ0) is 14.0. The summed E-state index contributed by atoms with van der Waals surface area (Å²) in [5, 5.41) is 2.72. The van der Waals surface area contributed by atoms with E-state index >= 15 is 0 Å². The maximum Gasteiger partial charge on any atom is 0.258 e. The lowest BCUT2D eigenvalue weighted by Gasteiger charge is -2.09. The van der Waals surface area contributed by atoms with E-state index in [0.717, 1.165) is 15.6 Å². The first-order chi connectivity index (χ1) is 8.97. The molecule has 2 aromatic rings. The number of hydrogen-bond acceptors (Lipinski definition) is 1. The Morgan fingerprint density at radius 1 is 1.16 bits per heavy atom. The lowest BCUT2D eigenvalue weighted by atomic mass is 10.1. The molecule has 98 valence electrons. The van der Waals surface area contributed by atoms with Gasteiger partial charge in [-0.15, -0.1) is 0 Å². The summed E-state index contributed by atoms with van der Waals surface area (Å²) >= 11 is 3.36. The fourth-order valence-corrected chi connectivity index (χ4v) is 2.25. The molecule has 0 heterocycles. The molecule has 2 nitrogen and oxygen atoms in total. The van der Waals surface area contributed by atoms with Crippen LogP contribution < -0.4 is 5.32 Å². The molecule has 0 aliphatic rings. The highest BCUT2D eigenvalue weighted by Gasteiger charge is 2.12. The van der Waals surface area contributed by atoms with Crippen molar-refractivity contribution in [3.8, 4) is 0 Å². The lowest BCUT2D eigenvalue weighted by Crippen LogP contribution is -2.14. The highest BCUT2D eigenvalue weighted by Crippen LogP contribution is 2.21. The van der Waals surface area contributed by atoms with E-state index < -0.39 is 11.7 Å². The fourth-order valence-electron chi connectivity index (χ4n) is 1.77. The average Bonchev–Trinajstić information content (AvgIpc) is 2.35. The average molecular weight is 322 g/mol. The van der Waals surface area contributed by atoms with E-state index in [1.54, 1.807) is 18.2 Å². The van der Waals surface area contributed by atoms with Gasteiger partial charge in [0, 0.05) is 10.2 Å². The number of nitrogens with one attached hydrogen (secondary N) is 1. The van der Waals surface area contributed by atoms with E-state index in [1.165, 1.54) is 6.07 Å². The Morgan fingerprint density at radius 3 is 2.58 bits per heavy atom. The number of carbonyl (C=O) groups excluding carboxylic acids is 1. The van der Waals surface area contributed by atoms with Gasteiger partial charge in [-0.25, -0.2) is 4.39 Å². The molecule has 19 heavy (non-hydrogen) atoms. The number of hydrogen-bond donors (Lipinski definition) is 1. The van der Waals surface area contributed by atoms with Crippen LogP contribution in [0.3, 0.4) is 0 Å². The minimum atomic E-state index is -0.516. The molecule has 1 N–H and O–H groups in total. The standard InChI is InChI=1S/C15H13BrFNO/c1-9-3-5-13(17)12(7-9)15(19)18-14-6-4-11(16)8-10(14)2/h3-8H,1-2H3,(H,18,19). The van der Waals surface area contributed by atoms with Gasteiger partial charge in [-0.1, -0.05) is 27.6 Å². The molecular formula is C15H13BrFNO.